The fourth-order valence-electron chi connectivity index (χ4n) is 1.89. The molecule has 0 saturated heterocycles. The van der Waals surface area contributed by atoms with Gasteiger partial charge in [0.1, 0.15) is 11.6 Å². The number of hydrogen-bond acceptors (Lipinski definition) is 3. The van der Waals surface area contributed by atoms with E-state index in [1.54, 1.807) is 12.1 Å². The second-order valence-corrected chi connectivity index (χ2v) is 5.92. The molecule has 2 rings (SSSR count). The van der Waals surface area contributed by atoms with Crippen molar-refractivity contribution in [1.29, 1.82) is 0 Å². The summed E-state index contributed by atoms with van der Waals surface area (Å²) in [4.78, 5) is 15.8. The molecule has 1 heterocycles. The van der Waals surface area contributed by atoms with Crippen molar-refractivity contribution in [2.45, 2.75) is 13.8 Å². The molecule has 0 radical (unpaired) electrons. The Morgan fingerprint density at radius 3 is 2.57 bits per heavy atom. The Hall–Kier alpha value is -1.59. The summed E-state index contributed by atoms with van der Waals surface area (Å²) in [5.74, 6) is 0.890. The molecule has 2 aromatic rings. The lowest BCUT2D eigenvalue weighted by Gasteiger charge is -2.12. The third-order valence-electron chi connectivity index (χ3n) is 2.77. The van der Waals surface area contributed by atoms with Gasteiger partial charge in [-0.25, -0.2) is 4.98 Å². The molecule has 0 spiro atoms. The number of aryl methyl sites for hydroxylation is 2. The highest BCUT2D eigenvalue weighted by atomic mass is 79.9. The van der Waals surface area contributed by atoms with Crippen molar-refractivity contribution in [1.82, 2.24) is 4.98 Å². The number of ether oxygens (including phenoxy) is 1. The molecule has 21 heavy (non-hydrogen) atoms. The number of carbonyl (C=O) groups excluding carboxylic acids is 1. The van der Waals surface area contributed by atoms with Crippen molar-refractivity contribution < 1.29 is 9.53 Å². The van der Waals surface area contributed by atoms with Gasteiger partial charge in [0.05, 0.1) is 5.02 Å². The molecular formula is C15H14BrClN2O2. The molecule has 6 heteroatoms. The zero-order chi connectivity index (χ0) is 15.4. The van der Waals surface area contributed by atoms with Gasteiger partial charge in [0.25, 0.3) is 5.91 Å². The summed E-state index contributed by atoms with van der Waals surface area (Å²) >= 11 is 9.16. The number of benzene rings is 1. The Kier molecular flexibility index (Phi) is 5.20. The van der Waals surface area contributed by atoms with Crippen molar-refractivity contribution >= 4 is 39.3 Å². The number of aromatic nitrogens is 1. The maximum absolute atomic E-state index is 11.8. The monoisotopic (exact) mass is 368 g/mol. The van der Waals surface area contributed by atoms with Crippen LogP contribution in [0.4, 0.5) is 5.82 Å². The van der Waals surface area contributed by atoms with E-state index in [1.807, 2.05) is 26.0 Å². The summed E-state index contributed by atoms with van der Waals surface area (Å²) in [6.45, 7) is 3.80. The van der Waals surface area contributed by atoms with Crippen LogP contribution in [-0.4, -0.2) is 17.5 Å². The summed E-state index contributed by atoms with van der Waals surface area (Å²) in [5.41, 5.74) is 1.94. The lowest BCUT2D eigenvalue weighted by atomic mass is 10.1. The van der Waals surface area contributed by atoms with Gasteiger partial charge >= 0.3 is 0 Å². The number of pyridine rings is 1. The summed E-state index contributed by atoms with van der Waals surface area (Å²) in [6, 6.07) is 7.19. The van der Waals surface area contributed by atoms with E-state index in [0.717, 1.165) is 21.3 Å². The lowest BCUT2D eigenvalue weighted by Crippen LogP contribution is -2.21. The van der Waals surface area contributed by atoms with Gasteiger partial charge in [0, 0.05) is 10.7 Å². The molecule has 1 aromatic carbocycles. The molecule has 0 aliphatic carbocycles. The van der Waals surface area contributed by atoms with Crippen molar-refractivity contribution in [2.75, 3.05) is 11.9 Å². The van der Waals surface area contributed by atoms with E-state index in [1.165, 1.54) is 6.20 Å². The number of nitrogens with zero attached hydrogens (tertiary/aromatic N) is 1. The van der Waals surface area contributed by atoms with Crippen LogP contribution in [0.25, 0.3) is 0 Å². The Labute approximate surface area is 136 Å². The first-order valence-electron chi connectivity index (χ1n) is 6.26. The quantitative estimate of drug-likeness (QED) is 0.881. The molecule has 0 atom stereocenters. The van der Waals surface area contributed by atoms with Crippen molar-refractivity contribution in [3.8, 4) is 5.75 Å². The highest BCUT2D eigenvalue weighted by Gasteiger charge is 2.09. The van der Waals surface area contributed by atoms with Crippen LogP contribution in [-0.2, 0) is 4.79 Å². The van der Waals surface area contributed by atoms with E-state index in [9.17, 15) is 4.79 Å². The van der Waals surface area contributed by atoms with Crippen LogP contribution in [0, 0.1) is 13.8 Å². The van der Waals surface area contributed by atoms with E-state index < -0.39 is 0 Å². The second-order valence-electron chi connectivity index (χ2n) is 4.57. The average molecular weight is 370 g/mol. The molecule has 1 amide bonds. The van der Waals surface area contributed by atoms with Crippen LogP contribution in [0.2, 0.25) is 5.02 Å². The van der Waals surface area contributed by atoms with Gasteiger partial charge < -0.3 is 10.1 Å². The highest BCUT2D eigenvalue weighted by Crippen LogP contribution is 2.27. The van der Waals surface area contributed by atoms with Crippen molar-refractivity contribution in [3.63, 3.8) is 0 Å². The Morgan fingerprint density at radius 2 is 2.00 bits per heavy atom. The molecule has 0 fully saturated rings. The minimum Gasteiger partial charge on any atom is -0.483 e. The zero-order valence-corrected chi connectivity index (χ0v) is 14.0. The Morgan fingerprint density at radius 1 is 1.33 bits per heavy atom. The number of hydrogen-bond donors (Lipinski definition) is 1. The first-order valence-corrected chi connectivity index (χ1v) is 7.44. The smallest absolute Gasteiger partial charge is 0.263 e. The lowest BCUT2D eigenvalue weighted by molar-refractivity contribution is -0.118. The average Bonchev–Trinajstić information content (AvgIpc) is 2.40. The van der Waals surface area contributed by atoms with Crippen molar-refractivity contribution in [3.05, 3.63) is 51.1 Å². The van der Waals surface area contributed by atoms with Crippen LogP contribution in [0.5, 0.6) is 5.75 Å². The number of halogens is 2. The molecule has 0 aliphatic rings. The highest BCUT2D eigenvalue weighted by molar-refractivity contribution is 9.10. The number of rotatable bonds is 4. The summed E-state index contributed by atoms with van der Waals surface area (Å²) < 4.78 is 6.58. The third kappa shape index (κ3) is 4.44. The van der Waals surface area contributed by atoms with Gasteiger partial charge in [-0.1, -0.05) is 27.5 Å². The third-order valence-corrected chi connectivity index (χ3v) is 3.45. The number of carbonyl (C=O) groups is 1. The van der Waals surface area contributed by atoms with Gasteiger partial charge in [-0.3, -0.25) is 4.79 Å². The Balaban J connectivity index is 1.97. The van der Waals surface area contributed by atoms with E-state index >= 15 is 0 Å². The molecule has 1 aromatic heterocycles. The minimum atomic E-state index is -0.272. The normalized spacial score (nSPS) is 10.3. The molecule has 0 saturated carbocycles. The minimum absolute atomic E-state index is 0.0758. The molecule has 110 valence electrons. The van der Waals surface area contributed by atoms with Gasteiger partial charge in [-0.2, -0.15) is 0 Å². The van der Waals surface area contributed by atoms with Gasteiger partial charge in [0.2, 0.25) is 0 Å². The molecule has 0 unspecified atom stereocenters. The second kappa shape index (κ2) is 6.91. The zero-order valence-electron chi connectivity index (χ0n) is 11.6. The van der Waals surface area contributed by atoms with E-state index in [4.69, 9.17) is 16.3 Å². The van der Waals surface area contributed by atoms with Crippen LogP contribution in [0.1, 0.15) is 11.1 Å². The van der Waals surface area contributed by atoms with Gasteiger partial charge in [-0.05, 0) is 49.2 Å². The standard InChI is InChI=1S/C15H14BrClN2O2/c1-9-5-11(16)6-10(2)15(9)21-8-14(20)19-13-4-3-12(17)7-18-13/h3-7H,8H2,1-2H3,(H,18,19,20). The van der Waals surface area contributed by atoms with Crippen LogP contribution < -0.4 is 10.1 Å². The van der Waals surface area contributed by atoms with E-state index in [-0.39, 0.29) is 12.5 Å². The van der Waals surface area contributed by atoms with E-state index in [0.29, 0.717) is 10.8 Å². The van der Waals surface area contributed by atoms with Crippen LogP contribution >= 0.6 is 27.5 Å². The topological polar surface area (TPSA) is 51.2 Å². The molecule has 1 N–H and O–H groups in total. The molecule has 0 aliphatic heterocycles. The fraction of sp³-hybridized carbons (Fsp3) is 0.200. The SMILES string of the molecule is Cc1cc(Br)cc(C)c1OCC(=O)Nc1ccc(Cl)cn1. The first kappa shape index (κ1) is 15.8. The number of amides is 1. The molecule has 0 bridgehead atoms. The summed E-state index contributed by atoms with van der Waals surface area (Å²) in [7, 11) is 0. The van der Waals surface area contributed by atoms with Gasteiger partial charge in [-0.15, -0.1) is 0 Å². The number of nitrogens with one attached hydrogen (secondary N) is 1. The maximum atomic E-state index is 11.8. The van der Waals surface area contributed by atoms with Crippen LogP contribution in [0.15, 0.2) is 34.9 Å². The first-order chi connectivity index (χ1) is 9.95. The number of anilines is 1. The van der Waals surface area contributed by atoms with E-state index in [2.05, 4.69) is 26.2 Å². The predicted molar refractivity (Wildman–Crippen MR) is 87.0 cm³/mol. The van der Waals surface area contributed by atoms with Gasteiger partial charge in [0.15, 0.2) is 6.61 Å². The van der Waals surface area contributed by atoms with Crippen molar-refractivity contribution in [2.24, 2.45) is 0 Å². The molecule has 4 nitrogen and oxygen atoms in total. The summed E-state index contributed by atoms with van der Waals surface area (Å²) in [5, 5.41) is 3.17. The Bertz CT molecular complexity index is 636. The largest absolute Gasteiger partial charge is 0.483 e. The maximum Gasteiger partial charge on any atom is 0.263 e. The fourth-order valence-corrected chi connectivity index (χ4v) is 2.69. The predicted octanol–water partition coefficient (Wildman–Crippen LogP) is 4.13. The van der Waals surface area contributed by atoms with Crippen LogP contribution in [0.3, 0.4) is 0 Å². The molecular weight excluding hydrogens is 356 g/mol. The summed E-state index contributed by atoms with van der Waals surface area (Å²) in [6.07, 6.45) is 1.47.